The van der Waals surface area contributed by atoms with Crippen LogP contribution in [0.5, 0.6) is 5.75 Å². The Labute approximate surface area is 106 Å². The highest BCUT2D eigenvalue weighted by molar-refractivity contribution is 6.04. The molecule has 0 spiro atoms. The predicted molar refractivity (Wildman–Crippen MR) is 67.1 cm³/mol. The van der Waals surface area contributed by atoms with Crippen LogP contribution in [0.25, 0.3) is 0 Å². The molecule has 1 unspecified atom stereocenters. The number of unbranched alkanes of at least 4 members (excludes halogenated alkanes) is 1. The Kier molecular flexibility index (Phi) is 3.49. The van der Waals surface area contributed by atoms with E-state index in [0.717, 1.165) is 11.3 Å². The standard InChI is InChI=1S/C13H15N3O2/c1-18-9-4-5-10-11(8-9)16(7-3-2-6-14)13(17)12(10)15/h4-5,8,12H,2-3,7,15H2,1H3. The molecule has 1 atom stereocenters. The Morgan fingerprint density at radius 3 is 3.00 bits per heavy atom. The first-order chi connectivity index (χ1) is 8.69. The van der Waals surface area contributed by atoms with Crippen molar-refractivity contribution in [3.05, 3.63) is 23.8 Å². The highest BCUT2D eigenvalue weighted by Gasteiger charge is 2.34. The molecule has 0 aliphatic carbocycles. The first-order valence-electron chi connectivity index (χ1n) is 5.81. The molecule has 1 aliphatic heterocycles. The highest BCUT2D eigenvalue weighted by Crippen LogP contribution is 2.37. The van der Waals surface area contributed by atoms with Gasteiger partial charge >= 0.3 is 0 Å². The molecule has 0 aromatic heterocycles. The normalized spacial score (nSPS) is 17.5. The van der Waals surface area contributed by atoms with Crippen molar-refractivity contribution in [3.63, 3.8) is 0 Å². The van der Waals surface area contributed by atoms with Crippen molar-refractivity contribution < 1.29 is 9.53 Å². The molecule has 1 amide bonds. The number of carbonyl (C=O) groups excluding carboxylic acids is 1. The number of anilines is 1. The van der Waals surface area contributed by atoms with Gasteiger partial charge in [-0.05, 0) is 12.5 Å². The third kappa shape index (κ3) is 2.03. The fourth-order valence-corrected chi connectivity index (χ4v) is 2.11. The molecule has 1 heterocycles. The summed E-state index contributed by atoms with van der Waals surface area (Å²) in [5.74, 6) is 0.581. The van der Waals surface area contributed by atoms with Crippen LogP contribution in [0.3, 0.4) is 0 Å². The lowest BCUT2D eigenvalue weighted by Crippen LogP contribution is -2.32. The maximum atomic E-state index is 12.0. The topological polar surface area (TPSA) is 79.3 Å². The van der Waals surface area contributed by atoms with Gasteiger partial charge in [-0.25, -0.2) is 0 Å². The first-order valence-corrected chi connectivity index (χ1v) is 5.81. The molecule has 0 bridgehead atoms. The number of ether oxygens (including phenoxy) is 1. The van der Waals surface area contributed by atoms with E-state index in [-0.39, 0.29) is 5.91 Å². The van der Waals surface area contributed by atoms with Gasteiger partial charge in [0.15, 0.2) is 0 Å². The van der Waals surface area contributed by atoms with Gasteiger partial charge in [-0.15, -0.1) is 0 Å². The van der Waals surface area contributed by atoms with Crippen LogP contribution in [-0.2, 0) is 4.79 Å². The van der Waals surface area contributed by atoms with Crippen LogP contribution in [0.2, 0.25) is 0 Å². The summed E-state index contributed by atoms with van der Waals surface area (Å²) < 4.78 is 5.15. The molecule has 0 fully saturated rings. The average molecular weight is 245 g/mol. The molecule has 0 saturated heterocycles. The lowest BCUT2D eigenvalue weighted by atomic mass is 10.1. The van der Waals surface area contributed by atoms with Crippen LogP contribution in [0.1, 0.15) is 24.4 Å². The fourth-order valence-electron chi connectivity index (χ4n) is 2.11. The molecule has 94 valence electrons. The number of carbonyl (C=O) groups is 1. The molecule has 1 aromatic rings. The van der Waals surface area contributed by atoms with Crippen LogP contribution in [0.15, 0.2) is 18.2 Å². The van der Waals surface area contributed by atoms with Gasteiger partial charge < -0.3 is 15.4 Å². The van der Waals surface area contributed by atoms with Gasteiger partial charge in [0.2, 0.25) is 5.91 Å². The summed E-state index contributed by atoms with van der Waals surface area (Å²) in [6.45, 7) is 0.514. The predicted octanol–water partition coefficient (Wildman–Crippen LogP) is 1.35. The monoisotopic (exact) mass is 245 g/mol. The second-order valence-corrected chi connectivity index (χ2v) is 4.15. The van der Waals surface area contributed by atoms with E-state index >= 15 is 0 Å². The molecule has 1 aliphatic rings. The Hall–Kier alpha value is -2.06. The van der Waals surface area contributed by atoms with E-state index < -0.39 is 6.04 Å². The largest absolute Gasteiger partial charge is 0.497 e. The van der Waals surface area contributed by atoms with Crippen LogP contribution in [-0.4, -0.2) is 19.6 Å². The van der Waals surface area contributed by atoms with Gasteiger partial charge in [-0.3, -0.25) is 4.79 Å². The number of nitriles is 1. The van der Waals surface area contributed by atoms with Gasteiger partial charge in [-0.1, -0.05) is 6.07 Å². The van der Waals surface area contributed by atoms with Gasteiger partial charge in [0.25, 0.3) is 0 Å². The number of hydrogen-bond donors (Lipinski definition) is 1. The van der Waals surface area contributed by atoms with E-state index in [0.29, 0.717) is 25.1 Å². The summed E-state index contributed by atoms with van der Waals surface area (Å²) in [4.78, 5) is 13.7. The number of hydrogen-bond acceptors (Lipinski definition) is 4. The average Bonchev–Trinajstić information content (AvgIpc) is 2.63. The molecule has 0 radical (unpaired) electrons. The van der Waals surface area contributed by atoms with Crippen molar-refractivity contribution in [2.24, 2.45) is 5.73 Å². The van der Waals surface area contributed by atoms with Crippen molar-refractivity contribution >= 4 is 11.6 Å². The number of methoxy groups -OCH3 is 1. The summed E-state index contributed by atoms with van der Waals surface area (Å²) in [7, 11) is 1.58. The second-order valence-electron chi connectivity index (χ2n) is 4.15. The molecule has 2 N–H and O–H groups in total. The molecular formula is C13H15N3O2. The van der Waals surface area contributed by atoms with E-state index in [9.17, 15) is 4.79 Å². The highest BCUT2D eigenvalue weighted by atomic mass is 16.5. The van der Waals surface area contributed by atoms with E-state index in [1.165, 1.54) is 0 Å². The third-order valence-electron chi connectivity index (χ3n) is 3.07. The molecule has 5 heteroatoms. The SMILES string of the molecule is COc1ccc2c(c1)N(CCCC#N)C(=O)C2N. The summed E-state index contributed by atoms with van der Waals surface area (Å²) in [5.41, 5.74) is 7.49. The molecule has 1 aromatic carbocycles. The van der Waals surface area contributed by atoms with Crippen LogP contribution in [0.4, 0.5) is 5.69 Å². The van der Waals surface area contributed by atoms with Crippen LogP contribution >= 0.6 is 0 Å². The zero-order chi connectivity index (χ0) is 13.1. The molecule has 0 saturated carbocycles. The van der Waals surface area contributed by atoms with Crippen molar-refractivity contribution in [2.45, 2.75) is 18.9 Å². The zero-order valence-electron chi connectivity index (χ0n) is 10.2. The lowest BCUT2D eigenvalue weighted by Gasteiger charge is -2.17. The van der Waals surface area contributed by atoms with E-state index in [2.05, 4.69) is 6.07 Å². The molecule has 18 heavy (non-hydrogen) atoms. The molecule has 5 nitrogen and oxygen atoms in total. The Bertz CT molecular complexity index is 507. The van der Waals surface area contributed by atoms with Gasteiger partial charge in [0.05, 0.1) is 18.9 Å². The minimum Gasteiger partial charge on any atom is -0.497 e. The minimum atomic E-state index is -0.604. The Balaban J connectivity index is 2.28. The quantitative estimate of drug-likeness (QED) is 0.812. The fraction of sp³-hybridized carbons (Fsp3) is 0.385. The number of rotatable bonds is 4. The van der Waals surface area contributed by atoms with Gasteiger partial charge in [0, 0.05) is 24.6 Å². The van der Waals surface area contributed by atoms with E-state index in [1.54, 1.807) is 18.1 Å². The van der Waals surface area contributed by atoms with E-state index in [4.69, 9.17) is 15.7 Å². The minimum absolute atomic E-state index is 0.115. The van der Waals surface area contributed by atoms with Crippen molar-refractivity contribution in [1.29, 1.82) is 5.26 Å². The maximum absolute atomic E-state index is 12.0. The molecular weight excluding hydrogens is 230 g/mol. The number of benzene rings is 1. The van der Waals surface area contributed by atoms with Crippen molar-refractivity contribution in [1.82, 2.24) is 0 Å². The number of fused-ring (bicyclic) bond motifs is 1. The summed E-state index contributed by atoms with van der Waals surface area (Å²) in [6.07, 6.45) is 1.07. The van der Waals surface area contributed by atoms with Crippen LogP contribution in [0, 0.1) is 11.3 Å². The summed E-state index contributed by atoms with van der Waals surface area (Å²) >= 11 is 0. The second kappa shape index (κ2) is 5.07. The Morgan fingerprint density at radius 1 is 1.56 bits per heavy atom. The molecule has 2 rings (SSSR count). The Morgan fingerprint density at radius 2 is 2.33 bits per heavy atom. The number of nitrogens with two attached hydrogens (primary N) is 1. The van der Waals surface area contributed by atoms with Gasteiger partial charge in [-0.2, -0.15) is 5.26 Å². The maximum Gasteiger partial charge on any atom is 0.248 e. The van der Waals surface area contributed by atoms with Crippen molar-refractivity contribution in [3.8, 4) is 11.8 Å². The summed E-state index contributed by atoms with van der Waals surface area (Å²) in [6, 6.07) is 6.90. The lowest BCUT2D eigenvalue weighted by molar-refractivity contribution is -0.119. The third-order valence-corrected chi connectivity index (χ3v) is 3.07. The number of amides is 1. The van der Waals surface area contributed by atoms with Gasteiger partial charge in [0.1, 0.15) is 11.8 Å². The van der Waals surface area contributed by atoms with E-state index in [1.807, 2.05) is 12.1 Å². The first kappa shape index (κ1) is 12.4. The van der Waals surface area contributed by atoms with Crippen molar-refractivity contribution in [2.75, 3.05) is 18.6 Å². The van der Waals surface area contributed by atoms with Crippen LogP contribution < -0.4 is 15.4 Å². The summed E-state index contributed by atoms with van der Waals surface area (Å²) in [5, 5.41) is 8.54. The number of nitrogens with zero attached hydrogens (tertiary/aromatic N) is 2. The zero-order valence-corrected chi connectivity index (χ0v) is 10.2. The smallest absolute Gasteiger partial charge is 0.248 e.